The van der Waals surface area contributed by atoms with Gasteiger partial charge in [0, 0.05) is 30.2 Å². The number of nitro groups is 1. The largest absolute Gasteiger partial charge is 0.277 e. The van der Waals surface area contributed by atoms with E-state index in [9.17, 15) is 18.5 Å². The van der Waals surface area contributed by atoms with Gasteiger partial charge in [-0.15, -0.1) is 0 Å². The highest BCUT2D eigenvalue weighted by Crippen LogP contribution is 2.29. The van der Waals surface area contributed by atoms with E-state index in [1.165, 1.54) is 22.7 Å². The van der Waals surface area contributed by atoms with Gasteiger partial charge in [-0.05, 0) is 23.8 Å². The van der Waals surface area contributed by atoms with Crippen molar-refractivity contribution in [3.63, 3.8) is 0 Å². The van der Waals surface area contributed by atoms with Gasteiger partial charge >= 0.3 is 0 Å². The zero-order chi connectivity index (χ0) is 20.0. The lowest BCUT2D eigenvalue weighted by molar-refractivity contribution is -0.385. The average molecular weight is 411 g/mol. The second-order valence-electron chi connectivity index (χ2n) is 5.45. The minimum absolute atomic E-state index is 0.151. The van der Waals surface area contributed by atoms with E-state index < -0.39 is 14.9 Å². The van der Waals surface area contributed by atoms with E-state index >= 15 is 0 Å². The summed E-state index contributed by atoms with van der Waals surface area (Å²) in [6.07, 6.45) is 1.49. The highest BCUT2D eigenvalue weighted by Gasteiger charge is 2.27. The maximum absolute atomic E-state index is 12.9. The van der Waals surface area contributed by atoms with Crippen LogP contribution in [0.25, 0.3) is 0 Å². The third-order valence-corrected chi connectivity index (χ3v) is 6.11. The number of nitro benzene ring substituents is 1. The van der Waals surface area contributed by atoms with Gasteiger partial charge in [0.15, 0.2) is 0 Å². The molecule has 0 heterocycles. The van der Waals surface area contributed by atoms with Crippen molar-refractivity contribution in [2.45, 2.75) is 18.7 Å². The second-order valence-corrected chi connectivity index (χ2v) is 7.79. The summed E-state index contributed by atoms with van der Waals surface area (Å²) in [5.74, 6) is 0. The van der Waals surface area contributed by atoms with Crippen molar-refractivity contribution in [1.29, 1.82) is 0 Å². The molecular formula is C17H19ClN4O4S. The highest BCUT2D eigenvalue weighted by atomic mass is 35.5. The quantitative estimate of drug-likeness (QED) is 0.405. The van der Waals surface area contributed by atoms with Gasteiger partial charge in [-0.25, -0.2) is 8.42 Å². The third-order valence-electron chi connectivity index (χ3n) is 3.77. The molecule has 144 valence electrons. The first-order chi connectivity index (χ1) is 12.8. The Labute approximate surface area is 162 Å². The first-order valence-electron chi connectivity index (χ1n) is 8.12. The van der Waals surface area contributed by atoms with Gasteiger partial charge in [0.1, 0.15) is 4.90 Å². The minimum Gasteiger partial charge on any atom is -0.277 e. The van der Waals surface area contributed by atoms with E-state index in [1.807, 2.05) is 0 Å². The highest BCUT2D eigenvalue weighted by molar-refractivity contribution is 7.89. The maximum Gasteiger partial charge on any atom is 0.270 e. The molecule has 8 nitrogen and oxygen atoms in total. The SMILES string of the molecule is CCN(CC)S(=O)(=O)c1cc([N+](=O)[O-])ccc1N/N=C/c1ccc(Cl)cc1. The Morgan fingerprint density at radius 3 is 2.37 bits per heavy atom. The maximum atomic E-state index is 12.9. The average Bonchev–Trinajstić information content (AvgIpc) is 2.64. The fraction of sp³-hybridized carbons (Fsp3) is 0.235. The van der Waals surface area contributed by atoms with Crippen LogP contribution in [0, 0.1) is 10.1 Å². The monoisotopic (exact) mass is 410 g/mol. The van der Waals surface area contributed by atoms with Crippen LogP contribution in [0.5, 0.6) is 0 Å². The number of sulfonamides is 1. The lowest BCUT2D eigenvalue weighted by Crippen LogP contribution is -2.31. The van der Waals surface area contributed by atoms with Crippen molar-refractivity contribution in [3.8, 4) is 0 Å². The minimum atomic E-state index is -3.91. The number of benzene rings is 2. The van der Waals surface area contributed by atoms with E-state index in [-0.39, 0.29) is 29.4 Å². The van der Waals surface area contributed by atoms with E-state index in [0.717, 1.165) is 11.6 Å². The summed E-state index contributed by atoms with van der Waals surface area (Å²) in [6, 6.07) is 10.5. The van der Waals surface area contributed by atoms with Crippen molar-refractivity contribution in [3.05, 3.63) is 63.2 Å². The van der Waals surface area contributed by atoms with Crippen molar-refractivity contribution in [1.82, 2.24) is 4.31 Å². The fourth-order valence-corrected chi connectivity index (χ4v) is 4.10. The van der Waals surface area contributed by atoms with Crippen molar-refractivity contribution < 1.29 is 13.3 Å². The Balaban J connectivity index is 2.40. The Kier molecular flexibility index (Phi) is 6.89. The van der Waals surface area contributed by atoms with Crippen LogP contribution in [-0.4, -0.2) is 37.0 Å². The number of hydrogen-bond donors (Lipinski definition) is 1. The molecule has 0 fully saturated rings. The van der Waals surface area contributed by atoms with Crippen LogP contribution in [0.1, 0.15) is 19.4 Å². The molecule has 0 aromatic heterocycles. The molecule has 0 saturated heterocycles. The lowest BCUT2D eigenvalue weighted by atomic mass is 10.2. The molecule has 10 heteroatoms. The number of halogens is 1. The Bertz CT molecular complexity index is 942. The van der Waals surface area contributed by atoms with Crippen molar-refractivity contribution >= 4 is 39.2 Å². The van der Waals surface area contributed by atoms with Crippen LogP contribution in [0.2, 0.25) is 5.02 Å². The molecule has 27 heavy (non-hydrogen) atoms. The number of rotatable bonds is 8. The van der Waals surface area contributed by atoms with Crippen LogP contribution < -0.4 is 5.43 Å². The summed E-state index contributed by atoms with van der Waals surface area (Å²) in [4.78, 5) is 10.2. The fourth-order valence-electron chi connectivity index (χ4n) is 2.36. The summed E-state index contributed by atoms with van der Waals surface area (Å²) in [5, 5.41) is 15.7. The Hall–Kier alpha value is -2.49. The molecule has 0 bridgehead atoms. The lowest BCUT2D eigenvalue weighted by Gasteiger charge is -2.20. The molecule has 0 radical (unpaired) electrons. The van der Waals surface area contributed by atoms with E-state index in [0.29, 0.717) is 5.02 Å². The molecule has 0 unspecified atom stereocenters. The number of nitrogens with zero attached hydrogens (tertiary/aromatic N) is 3. The molecule has 0 amide bonds. The predicted octanol–water partition coefficient (Wildman–Crippen LogP) is 3.72. The molecule has 1 N–H and O–H groups in total. The van der Waals surface area contributed by atoms with Crippen molar-refractivity contribution in [2.24, 2.45) is 5.10 Å². The van der Waals surface area contributed by atoms with Gasteiger partial charge in [0.25, 0.3) is 5.69 Å². The molecule has 0 aliphatic rings. The van der Waals surface area contributed by atoms with E-state index in [2.05, 4.69) is 10.5 Å². The first-order valence-corrected chi connectivity index (χ1v) is 9.94. The topological polar surface area (TPSA) is 105 Å². The molecule has 0 spiro atoms. The zero-order valence-electron chi connectivity index (χ0n) is 14.8. The van der Waals surface area contributed by atoms with Crippen LogP contribution >= 0.6 is 11.6 Å². The normalized spacial score (nSPS) is 11.9. The number of nitrogens with one attached hydrogen (secondary N) is 1. The molecular weight excluding hydrogens is 392 g/mol. The summed E-state index contributed by atoms with van der Waals surface area (Å²) in [7, 11) is -3.91. The molecule has 0 atom stereocenters. The molecule has 2 rings (SSSR count). The number of hydrazone groups is 1. The van der Waals surface area contributed by atoms with E-state index in [4.69, 9.17) is 11.6 Å². The molecule has 2 aromatic rings. The Morgan fingerprint density at radius 2 is 1.81 bits per heavy atom. The molecule has 0 aliphatic heterocycles. The van der Waals surface area contributed by atoms with Crippen LogP contribution in [0.15, 0.2) is 52.5 Å². The van der Waals surface area contributed by atoms with Gasteiger partial charge in [-0.2, -0.15) is 9.41 Å². The Morgan fingerprint density at radius 1 is 1.19 bits per heavy atom. The summed E-state index contributed by atoms with van der Waals surface area (Å²) >= 11 is 5.82. The van der Waals surface area contributed by atoms with E-state index in [1.54, 1.807) is 38.1 Å². The third kappa shape index (κ3) is 5.03. The van der Waals surface area contributed by atoms with Gasteiger partial charge in [0.2, 0.25) is 10.0 Å². The van der Waals surface area contributed by atoms with Crippen LogP contribution in [0.3, 0.4) is 0 Å². The van der Waals surface area contributed by atoms with Gasteiger partial charge in [-0.3, -0.25) is 15.5 Å². The predicted molar refractivity (Wildman–Crippen MR) is 106 cm³/mol. The number of hydrogen-bond acceptors (Lipinski definition) is 6. The second kappa shape index (κ2) is 8.94. The zero-order valence-corrected chi connectivity index (χ0v) is 16.4. The van der Waals surface area contributed by atoms with Gasteiger partial charge in [0.05, 0.1) is 16.8 Å². The molecule has 2 aromatic carbocycles. The number of non-ortho nitro benzene ring substituents is 1. The standard InChI is InChI=1S/C17H19ClN4O4S/c1-3-21(4-2)27(25,26)17-11-15(22(23)24)9-10-16(17)20-19-12-13-5-7-14(18)8-6-13/h5-12,20H,3-4H2,1-2H3/b19-12+. The van der Waals surface area contributed by atoms with Crippen LogP contribution in [-0.2, 0) is 10.0 Å². The first kappa shape index (κ1) is 20.8. The summed E-state index contributed by atoms with van der Waals surface area (Å²) in [5.41, 5.74) is 3.25. The number of anilines is 1. The molecule has 0 aliphatic carbocycles. The summed E-state index contributed by atoms with van der Waals surface area (Å²) in [6.45, 7) is 3.89. The summed E-state index contributed by atoms with van der Waals surface area (Å²) < 4.78 is 26.9. The van der Waals surface area contributed by atoms with Gasteiger partial charge in [-0.1, -0.05) is 37.6 Å². The van der Waals surface area contributed by atoms with Crippen LogP contribution in [0.4, 0.5) is 11.4 Å². The smallest absolute Gasteiger partial charge is 0.270 e. The van der Waals surface area contributed by atoms with Gasteiger partial charge < -0.3 is 0 Å². The van der Waals surface area contributed by atoms with Crippen molar-refractivity contribution in [2.75, 3.05) is 18.5 Å². The molecule has 0 saturated carbocycles.